The van der Waals surface area contributed by atoms with E-state index in [4.69, 9.17) is 29.2 Å². The number of carbonyl (C=O) groups is 1. The predicted molar refractivity (Wildman–Crippen MR) is 146 cm³/mol. The first-order valence-corrected chi connectivity index (χ1v) is 13.8. The number of aliphatic hydroxyl groups is 1. The summed E-state index contributed by atoms with van der Waals surface area (Å²) in [4.78, 5) is 31.2. The standard InChI is InChI=1S/C29H35N5O5/c1-18-17-38-14-13-34(18)27-23-6-7-24(20-5-8-25(37-2)21(15-20)16-35)30-26(23)31-29(32-27)39-22-9-11-33(12-10-22)28(36)19-3-4-19/h5-8,15,18-19,22,35H,3-4,9-14,16-17H2,1-2H3/t18-/m0/s1. The summed E-state index contributed by atoms with van der Waals surface area (Å²) in [6.07, 6.45) is 3.50. The molecule has 206 valence electrons. The quantitative estimate of drug-likeness (QED) is 0.490. The third-order valence-corrected chi connectivity index (χ3v) is 7.86. The number of hydrogen-bond acceptors (Lipinski definition) is 9. The molecule has 2 aliphatic heterocycles. The van der Waals surface area contributed by atoms with Gasteiger partial charge in [0.2, 0.25) is 5.91 Å². The van der Waals surface area contributed by atoms with E-state index < -0.39 is 0 Å². The summed E-state index contributed by atoms with van der Waals surface area (Å²) in [6, 6.07) is 10.1. The fourth-order valence-corrected chi connectivity index (χ4v) is 5.44. The van der Waals surface area contributed by atoms with Crippen LogP contribution in [0.25, 0.3) is 22.3 Å². The molecule has 10 heteroatoms. The van der Waals surface area contributed by atoms with Gasteiger partial charge < -0.3 is 29.1 Å². The monoisotopic (exact) mass is 533 g/mol. The molecule has 1 saturated carbocycles. The van der Waals surface area contributed by atoms with E-state index in [1.54, 1.807) is 7.11 Å². The van der Waals surface area contributed by atoms with Gasteiger partial charge in [-0.05, 0) is 50.1 Å². The zero-order valence-electron chi connectivity index (χ0n) is 22.5. The van der Waals surface area contributed by atoms with Crippen LogP contribution in [0, 0.1) is 5.92 Å². The third kappa shape index (κ3) is 5.35. The molecule has 3 fully saturated rings. The number of likely N-dealkylation sites (tertiary alicyclic amines) is 1. The van der Waals surface area contributed by atoms with Crippen LogP contribution in [-0.4, -0.2) is 83.0 Å². The van der Waals surface area contributed by atoms with Gasteiger partial charge in [0.25, 0.3) is 0 Å². The molecule has 39 heavy (non-hydrogen) atoms. The van der Waals surface area contributed by atoms with Crippen LogP contribution < -0.4 is 14.4 Å². The first-order chi connectivity index (χ1) is 19.0. The molecule has 2 aromatic heterocycles. The average molecular weight is 534 g/mol. The second-order valence-corrected chi connectivity index (χ2v) is 10.6. The summed E-state index contributed by atoms with van der Waals surface area (Å²) < 4.78 is 17.4. The van der Waals surface area contributed by atoms with Crippen molar-refractivity contribution in [1.82, 2.24) is 19.9 Å². The fraction of sp³-hybridized carbons (Fsp3) is 0.517. The summed E-state index contributed by atoms with van der Waals surface area (Å²) in [7, 11) is 1.59. The first-order valence-electron chi connectivity index (χ1n) is 13.8. The Kier molecular flexibility index (Phi) is 7.22. The van der Waals surface area contributed by atoms with Crippen molar-refractivity contribution in [3.63, 3.8) is 0 Å². The van der Waals surface area contributed by atoms with E-state index in [0.717, 1.165) is 48.1 Å². The summed E-state index contributed by atoms with van der Waals surface area (Å²) in [5.74, 6) is 1.95. The van der Waals surface area contributed by atoms with Crippen LogP contribution in [0.2, 0.25) is 0 Å². The lowest BCUT2D eigenvalue weighted by Crippen LogP contribution is -2.44. The van der Waals surface area contributed by atoms with Crippen LogP contribution in [0.5, 0.6) is 11.8 Å². The van der Waals surface area contributed by atoms with Crippen molar-refractivity contribution in [1.29, 1.82) is 0 Å². The lowest BCUT2D eigenvalue weighted by molar-refractivity contribution is -0.134. The minimum atomic E-state index is -0.130. The normalized spacial score (nSPS) is 20.3. The molecule has 3 aromatic rings. The van der Waals surface area contributed by atoms with Crippen molar-refractivity contribution in [2.24, 2.45) is 5.92 Å². The number of methoxy groups -OCH3 is 1. The lowest BCUT2D eigenvalue weighted by Gasteiger charge is -2.35. The maximum atomic E-state index is 12.5. The topological polar surface area (TPSA) is 110 Å². The Morgan fingerprint density at radius 3 is 2.62 bits per heavy atom. The van der Waals surface area contributed by atoms with Gasteiger partial charge in [0.1, 0.15) is 17.7 Å². The molecule has 0 spiro atoms. The molecule has 0 unspecified atom stereocenters. The van der Waals surface area contributed by atoms with Crippen LogP contribution in [-0.2, 0) is 16.1 Å². The van der Waals surface area contributed by atoms with Crippen molar-refractivity contribution >= 4 is 22.8 Å². The number of nitrogens with zero attached hydrogens (tertiary/aromatic N) is 5. The number of aliphatic hydroxyl groups excluding tert-OH is 1. The zero-order valence-corrected chi connectivity index (χ0v) is 22.5. The number of amides is 1. The van der Waals surface area contributed by atoms with Gasteiger partial charge in [0, 0.05) is 49.5 Å². The number of ether oxygens (including phenoxy) is 3. The van der Waals surface area contributed by atoms with Gasteiger partial charge in [-0.15, -0.1) is 0 Å². The van der Waals surface area contributed by atoms with E-state index in [1.807, 2.05) is 35.2 Å². The van der Waals surface area contributed by atoms with Crippen molar-refractivity contribution in [2.45, 2.75) is 51.4 Å². The predicted octanol–water partition coefficient (Wildman–Crippen LogP) is 3.20. The number of aromatic nitrogens is 3. The Morgan fingerprint density at radius 1 is 1.08 bits per heavy atom. The molecule has 1 aromatic carbocycles. The zero-order chi connectivity index (χ0) is 26.9. The summed E-state index contributed by atoms with van der Waals surface area (Å²) in [5.41, 5.74) is 2.83. The Labute approximate surface area is 227 Å². The largest absolute Gasteiger partial charge is 0.496 e. The highest BCUT2D eigenvalue weighted by Gasteiger charge is 2.35. The van der Waals surface area contributed by atoms with Crippen molar-refractivity contribution < 1.29 is 24.1 Å². The highest BCUT2D eigenvalue weighted by atomic mass is 16.5. The molecular weight excluding hydrogens is 498 g/mol. The van der Waals surface area contributed by atoms with Gasteiger partial charge in [-0.3, -0.25) is 4.79 Å². The summed E-state index contributed by atoms with van der Waals surface area (Å²) in [6.45, 7) is 5.36. The first kappa shape index (κ1) is 25.8. The number of hydrogen-bond donors (Lipinski definition) is 1. The van der Waals surface area contributed by atoms with E-state index >= 15 is 0 Å². The third-order valence-electron chi connectivity index (χ3n) is 7.86. The molecule has 1 aliphatic carbocycles. The SMILES string of the molecule is COc1ccc(-c2ccc3c(N4CCOC[C@@H]4C)nc(OC4CCN(C(=O)C5CC5)CC4)nc3n2)cc1CO. The van der Waals surface area contributed by atoms with E-state index in [-0.39, 0.29) is 24.7 Å². The van der Waals surface area contributed by atoms with Crippen LogP contribution in [0.1, 0.15) is 38.2 Å². The molecule has 0 radical (unpaired) electrons. The van der Waals surface area contributed by atoms with E-state index in [2.05, 4.69) is 11.8 Å². The Hall–Kier alpha value is -3.50. The number of pyridine rings is 1. The van der Waals surface area contributed by atoms with Crippen molar-refractivity contribution in [2.75, 3.05) is 44.9 Å². The molecule has 1 N–H and O–H groups in total. The van der Waals surface area contributed by atoms with Crippen LogP contribution in [0.3, 0.4) is 0 Å². The molecule has 0 bridgehead atoms. The van der Waals surface area contributed by atoms with Gasteiger partial charge in [-0.2, -0.15) is 9.97 Å². The van der Waals surface area contributed by atoms with Gasteiger partial charge in [0.15, 0.2) is 5.65 Å². The highest BCUT2D eigenvalue weighted by Crippen LogP contribution is 2.34. The summed E-state index contributed by atoms with van der Waals surface area (Å²) in [5, 5.41) is 10.6. The second-order valence-electron chi connectivity index (χ2n) is 10.6. The second kappa shape index (κ2) is 10.9. The number of anilines is 1. The Morgan fingerprint density at radius 2 is 1.90 bits per heavy atom. The molecule has 10 nitrogen and oxygen atoms in total. The number of piperidine rings is 1. The molecule has 3 aliphatic rings. The van der Waals surface area contributed by atoms with Gasteiger partial charge in [-0.1, -0.05) is 0 Å². The molecule has 1 atom stereocenters. The minimum Gasteiger partial charge on any atom is -0.496 e. The molecular formula is C29H35N5O5. The average Bonchev–Trinajstić information content (AvgIpc) is 3.82. The maximum absolute atomic E-state index is 12.5. The van der Waals surface area contributed by atoms with Gasteiger partial charge in [0.05, 0.1) is 44.1 Å². The maximum Gasteiger partial charge on any atom is 0.320 e. The number of benzene rings is 1. The number of fused-ring (bicyclic) bond motifs is 1. The van der Waals surface area contributed by atoms with E-state index in [0.29, 0.717) is 61.7 Å². The molecule has 1 amide bonds. The Bertz CT molecular complexity index is 1360. The molecule has 6 rings (SSSR count). The number of rotatable bonds is 7. The van der Waals surface area contributed by atoms with E-state index in [9.17, 15) is 9.90 Å². The number of morpholine rings is 1. The lowest BCUT2D eigenvalue weighted by atomic mass is 10.1. The summed E-state index contributed by atoms with van der Waals surface area (Å²) >= 11 is 0. The number of carbonyl (C=O) groups excluding carboxylic acids is 1. The molecule has 2 saturated heterocycles. The van der Waals surface area contributed by atoms with Crippen LogP contribution in [0.15, 0.2) is 30.3 Å². The van der Waals surface area contributed by atoms with Crippen LogP contribution >= 0.6 is 0 Å². The minimum absolute atomic E-state index is 0.0578. The highest BCUT2D eigenvalue weighted by molar-refractivity contribution is 5.89. The van der Waals surface area contributed by atoms with E-state index in [1.165, 1.54) is 0 Å². The Balaban J connectivity index is 1.31. The van der Waals surface area contributed by atoms with Crippen molar-refractivity contribution in [3.8, 4) is 23.0 Å². The van der Waals surface area contributed by atoms with Crippen molar-refractivity contribution in [3.05, 3.63) is 35.9 Å². The molecule has 4 heterocycles. The fourth-order valence-electron chi connectivity index (χ4n) is 5.44. The van der Waals surface area contributed by atoms with Gasteiger partial charge in [-0.25, -0.2) is 4.98 Å². The van der Waals surface area contributed by atoms with Gasteiger partial charge >= 0.3 is 6.01 Å². The van der Waals surface area contributed by atoms with Crippen LogP contribution in [0.4, 0.5) is 5.82 Å². The smallest absolute Gasteiger partial charge is 0.320 e.